The highest BCUT2D eigenvalue weighted by atomic mass is 16.6. The standard InChI is InChI=1S/C15H16O4/c1-15(2)13(19-15)7-10-6-9-4-5-14(16)18-12(9)8-11(10)17-3/h4-6,8,13H,7H2,1-3H3/t13-/m1/s1. The van der Waals surface area contributed by atoms with Crippen LogP contribution in [-0.4, -0.2) is 18.8 Å². The Hall–Kier alpha value is -1.81. The molecule has 19 heavy (non-hydrogen) atoms. The molecular weight excluding hydrogens is 244 g/mol. The second-order valence-corrected chi connectivity index (χ2v) is 5.37. The Morgan fingerprint density at radius 3 is 2.68 bits per heavy atom. The average molecular weight is 260 g/mol. The minimum Gasteiger partial charge on any atom is -0.496 e. The lowest BCUT2D eigenvalue weighted by Crippen LogP contribution is -2.07. The lowest BCUT2D eigenvalue weighted by molar-refractivity contribution is 0.322. The Labute approximate surface area is 110 Å². The van der Waals surface area contributed by atoms with Gasteiger partial charge in [-0.1, -0.05) is 0 Å². The van der Waals surface area contributed by atoms with Gasteiger partial charge in [-0.05, 0) is 31.5 Å². The fourth-order valence-corrected chi connectivity index (χ4v) is 2.31. The maximum Gasteiger partial charge on any atom is 0.336 e. The van der Waals surface area contributed by atoms with Crippen LogP contribution in [0.3, 0.4) is 0 Å². The van der Waals surface area contributed by atoms with Gasteiger partial charge in [0.25, 0.3) is 0 Å². The maximum atomic E-state index is 11.2. The van der Waals surface area contributed by atoms with E-state index in [9.17, 15) is 4.79 Å². The van der Waals surface area contributed by atoms with Gasteiger partial charge in [-0.3, -0.25) is 0 Å². The van der Waals surface area contributed by atoms with Crippen molar-refractivity contribution in [3.05, 3.63) is 40.2 Å². The molecule has 4 nitrogen and oxygen atoms in total. The number of hydrogen-bond acceptors (Lipinski definition) is 4. The third-order valence-electron chi connectivity index (χ3n) is 3.59. The molecule has 0 amide bonds. The molecule has 0 spiro atoms. The van der Waals surface area contributed by atoms with Crippen molar-refractivity contribution in [2.75, 3.05) is 7.11 Å². The molecule has 0 bridgehead atoms. The van der Waals surface area contributed by atoms with E-state index >= 15 is 0 Å². The van der Waals surface area contributed by atoms with Crippen molar-refractivity contribution >= 4 is 11.0 Å². The van der Waals surface area contributed by atoms with Crippen LogP contribution in [0.1, 0.15) is 19.4 Å². The van der Waals surface area contributed by atoms with Gasteiger partial charge in [-0.15, -0.1) is 0 Å². The fraction of sp³-hybridized carbons (Fsp3) is 0.400. The van der Waals surface area contributed by atoms with Crippen LogP contribution < -0.4 is 10.4 Å². The molecule has 2 heterocycles. The van der Waals surface area contributed by atoms with Crippen molar-refractivity contribution in [1.82, 2.24) is 0 Å². The lowest BCUT2D eigenvalue weighted by Gasteiger charge is -2.09. The summed E-state index contributed by atoms with van der Waals surface area (Å²) in [6, 6.07) is 6.95. The van der Waals surface area contributed by atoms with Crippen LogP contribution in [-0.2, 0) is 11.2 Å². The molecule has 0 unspecified atom stereocenters. The van der Waals surface area contributed by atoms with Crippen molar-refractivity contribution in [3.63, 3.8) is 0 Å². The second-order valence-electron chi connectivity index (χ2n) is 5.37. The normalized spacial score (nSPS) is 20.5. The summed E-state index contributed by atoms with van der Waals surface area (Å²) in [4.78, 5) is 11.2. The fourth-order valence-electron chi connectivity index (χ4n) is 2.31. The van der Waals surface area contributed by atoms with Gasteiger partial charge in [-0.25, -0.2) is 4.79 Å². The maximum absolute atomic E-state index is 11.2. The minimum absolute atomic E-state index is 0.0524. The van der Waals surface area contributed by atoms with Crippen LogP contribution >= 0.6 is 0 Å². The quantitative estimate of drug-likeness (QED) is 0.628. The predicted molar refractivity (Wildman–Crippen MR) is 71.7 cm³/mol. The smallest absolute Gasteiger partial charge is 0.336 e. The summed E-state index contributed by atoms with van der Waals surface area (Å²) in [5, 5.41) is 0.897. The Kier molecular flexibility index (Phi) is 2.64. The highest BCUT2D eigenvalue weighted by Gasteiger charge is 2.47. The largest absolute Gasteiger partial charge is 0.496 e. The zero-order chi connectivity index (χ0) is 13.6. The summed E-state index contributed by atoms with van der Waals surface area (Å²) in [5.41, 5.74) is 1.21. The van der Waals surface area contributed by atoms with Gasteiger partial charge >= 0.3 is 5.63 Å². The van der Waals surface area contributed by atoms with Crippen molar-refractivity contribution < 1.29 is 13.9 Å². The van der Waals surface area contributed by atoms with E-state index in [-0.39, 0.29) is 17.3 Å². The highest BCUT2D eigenvalue weighted by molar-refractivity contribution is 5.79. The first kappa shape index (κ1) is 12.2. The Bertz CT molecular complexity index is 684. The van der Waals surface area contributed by atoms with Gasteiger partial charge in [0.15, 0.2) is 0 Å². The number of rotatable bonds is 3. The summed E-state index contributed by atoms with van der Waals surface area (Å²) in [7, 11) is 1.62. The molecule has 1 aliphatic rings. The average Bonchev–Trinajstić information content (AvgIpc) is 2.96. The summed E-state index contributed by atoms with van der Waals surface area (Å²) < 4.78 is 16.1. The van der Waals surface area contributed by atoms with Crippen molar-refractivity contribution in [1.29, 1.82) is 0 Å². The van der Waals surface area contributed by atoms with E-state index in [2.05, 4.69) is 13.8 Å². The molecule has 1 saturated heterocycles. The molecule has 3 rings (SSSR count). The summed E-state index contributed by atoms with van der Waals surface area (Å²) in [6.45, 7) is 4.15. The van der Waals surface area contributed by atoms with E-state index in [1.165, 1.54) is 6.07 Å². The molecule has 100 valence electrons. The van der Waals surface area contributed by atoms with Crippen molar-refractivity contribution in [2.24, 2.45) is 0 Å². The zero-order valence-electron chi connectivity index (χ0n) is 11.2. The number of fused-ring (bicyclic) bond motifs is 1. The zero-order valence-corrected chi connectivity index (χ0v) is 11.2. The van der Waals surface area contributed by atoms with Gasteiger partial charge < -0.3 is 13.9 Å². The summed E-state index contributed by atoms with van der Waals surface area (Å²) >= 11 is 0. The highest BCUT2D eigenvalue weighted by Crippen LogP contribution is 2.39. The Balaban J connectivity index is 2.03. The molecule has 1 aromatic carbocycles. The molecule has 1 atom stereocenters. The van der Waals surface area contributed by atoms with Crippen molar-refractivity contribution in [2.45, 2.75) is 32.0 Å². The lowest BCUT2D eigenvalue weighted by atomic mass is 10.0. The van der Waals surface area contributed by atoms with Gasteiger partial charge in [0.05, 0.1) is 18.8 Å². The Morgan fingerprint density at radius 2 is 2.05 bits per heavy atom. The molecular formula is C15H16O4. The minimum atomic E-state index is -0.353. The first-order valence-electron chi connectivity index (χ1n) is 6.28. The second kappa shape index (κ2) is 4.10. The number of benzene rings is 1. The monoisotopic (exact) mass is 260 g/mol. The number of methoxy groups -OCH3 is 1. The van der Waals surface area contributed by atoms with E-state index in [4.69, 9.17) is 13.9 Å². The van der Waals surface area contributed by atoms with E-state index < -0.39 is 0 Å². The van der Waals surface area contributed by atoms with E-state index in [1.54, 1.807) is 19.2 Å². The molecule has 1 aromatic heterocycles. The van der Waals surface area contributed by atoms with E-state index in [0.29, 0.717) is 5.58 Å². The van der Waals surface area contributed by atoms with Gasteiger partial charge in [-0.2, -0.15) is 0 Å². The van der Waals surface area contributed by atoms with Crippen LogP contribution in [0.5, 0.6) is 5.75 Å². The number of ether oxygens (including phenoxy) is 2. The van der Waals surface area contributed by atoms with Crippen LogP contribution in [0.25, 0.3) is 11.0 Å². The van der Waals surface area contributed by atoms with Crippen LogP contribution in [0.4, 0.5) is 0 Å². The van der Waals surface area contributed by atoms with Crippen LogP contribution in [0.2, 0.25) is 0 Å². The van der Waals surface area contributed by atoms with E-state index in [0.717, 1.165) is 23.1 Å². The molecule has 0 radical (unpaired) electrons. The third-order valence-corrected chi connectivity index (χ3v) is 3.59. The molecule has 0 aliphatic carbocycles. The first-order valence-corrected chi connectivity index (χ1v) is 6.28. The molecule has 4 heteroatoms. The molecule has 0 N–H and O–H groups in total. The molecule has 0 saturated carbocycles. The molecule has 2 aromatic rings. The molecule has 1 fully saturated rings. The molecule has 1 aliphatic heterocycles. The summed E-state index contributed by atoms with van der Waals surface area (Å²) in [6.07, 6.45) is 1.01. The van der Waals surface area contributed by atoms with Crippen LogP contribution in [0, 0.1) is 0 Å². The van der Waals surface area contributed by atoms with Gasteiger partial charge in [0.1, 0.15) is 11.3 Å². The van der Waals surface area contributed by atoms with Crippen molar-refractivity contribution in [3.8, 4) is 5.75 Å². The topological polar surface area (TPSA) is 52.0 Å². The predicted octanol–water partition coefficient (Wildman–Crippen LogP) is 2.52. The van der Waals surface area contributed by atoms with Crippen LogP contribution in [0.15, 0.2) is 33.5 Å². The number of hydrogen-bond donors (Lipinski definition) is 0. The number of epoxide rings is 1. The van der Waals surface area contributed by atoms with E-state index in [1.807, 2.05) is 6.07 Å². The van der Waals surface area contributed by atoms with Gasteiger partial charge in [0, 0.05) is 23.9 Å². The first-order chi connectivity index (χ1) is 8.99. The summed E-state index contributed by atoms with van der Waals surface area (Å²) in [5.74, 6) is 0.730. The SMILES string of the molecule is COc1cc2oc(=O)ccc2cc1C[C@H]1OC1(C)C. The van der Waals surface area contributed by atoms with Gasteiger partial charge in [0.2, 0.25) is 0 Å². The third kappa shape index (κ3) is 2.24. The Morgan fingerprint density at radius 1 is 1.32 bits per heavy atom.